The largest absolute Gasteiger partial charge is 0.484 e. The van der Waals surface area contributed by atoms with Crippen molar-refractivity contribution in [2.75, 3.05) is 26.0 Å². The molecule has 0 spiro atoms. The maximum absolute atomic E-state index is 12.5. The summed E-state index contributed by atoms with van der Waals surface area (Å²) in [7, 11) is 3.37. The second-order valence-corrected chi connectivity index (χ2v) is 7.03. The van der Waals surface area contributed by atoms with Gasteiger partial charge in [0, 0.05) is 25.8 Å². The summed E-state index contributed by atoms with van der Waals surface area (Å²) >= 11 is 0. The molecule has 6 heteroatoms. The molecule has 0 radical (unpaired) electrons. The monoisotopic (exact) mass is 331 g/mol. The lowest BCUT2D eigenvalue weighted by atomic mass is 9.84. The molecule has 130 valence electrons. The number of nitrogens with one attached hydrogen (secondary N) is 1. The highest BCUT2D eigenvalue weighted by atomic mass is 16.5. The van der Waals surface area contributed by atoms with Crippen LogP contribution < -0.4 is 15.8 Å². The molecule has 2 bridgehead atoms. The Bertz CT molecular complexity index is 612. The number of hydrogen-bond donors (Lipinski definition) is 2. The van der Waals surface area contributed by atoms with Crippen LogP contribution in [0.25, 0.3) is 0 Å². The Kier molecular flexibility index (Phi) is 4.76. The van der Waals surface area contributed by atoms with Gasteiger partial charge >= 0.3 is 0 Å². The van der Waals surface area contributed by atoms with Gasteiger partial charge in [0.15, 0.2) is 6.61 Å². The highest BCUT2D eigenvalue weighted by molar-refractivity contribution is 5.93. The van der Waals surface area contributed by atoms with E-state index >= 15 is 0 Å². The SMILES string of the molecule is CN(C)C(=O)COc1ccc(NC(=O)C2C3CCC(C3)C2N)cc1. The molecular formula is C18H25N3O3. The summed E-state index contributed by atoms with van der Waals surface area (Å²) in [5, 5.41) is 2.96. The first-order chi connectivity index (χ1) is 11.5. The average molecular weight is 331 g/mol. The Morgan fingerprint density at radius 3 is 2.46 bits per heavy atom. The van der Waals surface area contributed by atoms with Crippen molar-refractivity contribution in [2.45, 2.75) is 25.3 Å². The van der Waals surface area contributed by atoms with Gasteiger partial charge in [-0.2, -0.15) is 0 Å². The van der Waals surface area contributed by atoms with E-state index < -0.39 is 0 Å². The van der Waals surface area contributed by atoms with Crippen molar-refractivity contribution >= 4 is 17.5 Å². The molecule has 0 heterocycles. The van der Waals surface area contributed by atoms with Crippen LogP contribution in [0.4, 0.5) is 5.69 Å². The standard InChI is InChI=1S/C18H25N3O3/c1-21(2)15(22)10-24-14-7-5-13(6-8-14)20-18(23)16-11-3-4-12(9-11)17(16)19/h5-8,11-12,16-17H,3-4,9-10,19H2,1-2H3,(H,20,23). The van der Waals surface area contributed by atoms with Crippen LogP contribution in [-0.4, -0.2) is 43.5 Å². The fourth-order valence-electron chi connectivity index (χ4n) is 3.86. The third kappa shape index (κ3) is 3.38. The number of benzene rings is 1. The second-order valence-electron chi connectivity index (χ2n) is 7.03. The topological polar surface area (TPSA) is 84.7 Å². The van der Waals surface area contributed by atoms with Crippen LogP contribution >= 0.6 is 0 Å². The smallest absolute Gasteiger partial charge is 0.259 e. The number of ether oxygens (including phenoxy) is 1. The van der Waals surface area contributed by atoms with E-state index in [0.717, 1.165) is 24.9 Å². The molecule has 3 N–H and O–H groups in total. The van der Waals surface area contributed by atoms with Crippen LogP contribution in [0.1, 0.15) is 19.3 Å². The molecule has 2 saturated carbocycles. The highest BCUT2D eigenvalue weighted by Gasteiger charge is 2.49. The fourth-order valence-corrected chi connectivity index (χ4v) is 3.86. The minimum absolute atomic E-state index is 0.00129. The summed E-state index contributed by atoms with van der Waals surface area (Å²) in [6, 6.07) is 7.06. The maximum atomic E-state index is 12.5. The Labute approximate surface area is 142 Å². The van der Waals surface area contributed by atoms with E-state index in [4.69, 9.17) is 10.5 Å². The normalized spacial score (nSPS) is 27.8. The van der Waals surface area contributed by atoms with Crippen molar-refractivity contribution in [2.24, 2.45) is 23.5 Å². The number of carbonyl (C=O) groups is 2. The molecule has 4 atom stereocenters. The molecular weight excluding hydrogens is 306 g/mol. The molecule has 2 aliphatic rings. The van der Waals surface area contributed by atoms with Crippen molar-refractivity contribution < 1.29 is 14.3 Å². The number of amides is 2. The quantitative estimate of drug-likeness (QED) is 0.855. The lowest BCUT2D eigenvalue weighted by Gasteiger charge is -2.27. The van der Waals surface area contributed by atoms with Gasteiger partial charge in [0.2, 0.25) is 5.91 Å². The zero-order valence-corrected chi connectivity index (χ0v) is 14.2. The van der Waals surface area contributed by atoms with Gasteiger partial charge in [0.05, 0.1) is 5.92 Å². The summed E-state index contributed by atoms with van der Waals surface area (Å²) in [6.07, 6.45) is 3.36. The van der Waals surface area contributed by atoms with Gasteiger partial charge in [0.25, 0.3) is 5.91 Å². The number of rotatable bonds is 5. The Balaban J connectivity index is 1.54. The van der Waals surface area contributed by atoms with Gasteiger partial charge in [-0.05, 0) is 55.4 Å². The first-order valence-corrected chi connectivity index (χ1v) is 8.45. The molecule has 0 aliphatic heterocycles. The number of fused-ring (bicyclic) bond motifs is 2. The van der Waals surface area contributed by atoms with Crippen LogP contribution in [0.15, 0.2) is 24.3 Å². The molecule has 2 amide bonds. The number of anilines is 1. The lowest BCUT2D eigenvalue weighted by Crippen LogP contribution is -2.42. The van der Waals surface area contributed by atoms with Crippen molar-refractivity contribution in [1.29, 1.82) is 0 Å². The third-order valence-corrected chi connectivity index (χ3v) is 5.27. The van der Waals surface area contributed by atoms with Gasteiger partial charge in [-0.25, -0.2) is 0 Å². The van der Waals surface area contributed by atoms with Crippen molar-refractivity contribution in [1.82, 2.24) is 4.90 Å². The van der Waals surface area contributed by atoms with Crippen molar-refractivity contribution in [3.8, 4) is 5.75 Å². The molecule has 0 aromatic heterocycles. The van der Waals surface area contributed by atoms with Crippen LogP contribution in [0.2, 0.25) is 0 Å². The molecule has 4 unspecified atom stereocenters. The maximum Gasteiger partial charge on any atom is 0.259 e. The molecule has 6 nitrogen and oxygen atoms in total. The minimum Gasteiger partial charge on any atom is -0.484 e. The van der Waals surface area contributed by atoms with Gasteiger partial charge in [-0.1, -0.05) is 0 Å². The van der Waals surface area contributed by atoms with Crippen LogP contribution in [0, 0.1) is 17.8 Å². The first kappa shape index (κ1) is 16.8. The zero-order valence-electron chi connectivity index (χ0n) is 14.2. The van der Waals surface area contributed by atoms with E-state index in [9.17, 15) is 9.59 Å². The summed E-state index contributed by atoms with van der Waals surface area (Å²) in [4.78, 5) is 25.5. The van der Waals surface area contributed by atoms with Crippen LogP contribution in [-0.2, 0) is 9.59 Å². The number of nitrogens with zero attached hydrogens (tertiary/aromatic N) is 1. The van der Waals surface area contributed by atoms with Gasteiger partial charge in [-0.15, -0.1) is 0 Å². The number of carbonyl (C=O) groups excluding carboxylic acids is 2. The molecule has 1 aromatic carbocycles. The second kappa shape index (κ2) is 6.81. The Morgan fingerprint density at radius 2 is 1.88 bits per heavy atom. The van der Waals surface area contributed by atoms with Gasteiger partial charge in [-0.3, -0.25) is 9.59 Å². The van der Waals surface area contributed by atoms with Gasteiger partial charge < -0.3 is 20.7 Å². The average Bonchev–Trinajstić information content (AvgIpc) is 3.14. The predicted molar refractivity (Wildman–Crippen MR) is 91.6 cm³/mol. The summed E-state index contributed by atoms with van der Waals surface area (Å²) in [5.41, 5.74) is 6.94. The molecule has 1 aromatic rings. The molecule has 2 aliphatic carbocycles. The lowest BCUT2D eigenvalue weighted by molar-refractivity contribution is -0.130. The van der Waals surface area contributed by atoms with Crippen molar-refractivity contribution in [3.05, 3.63) is 24.3 Å². The van der Waals surface area contributed by atoms with Gasteiger partial charge in [0.1, 0.15) is 5.75 Å². The fraction of sp³-hybridized carbons (Fsp3) is 0.556. The van der Waals surface area contributed by atoms with Crippen LogP contribution in [0.3, 0.4) is 0 Å². The molecule has 0 saturated heterocycles. The number of likely N-dealkylation sites (N-methyl/N-ethyl adjacent to an activating group) is 1. The van der Waals surface area contributed by atoms with E-state index in [2.05, 4.69) is 5.32 Å². The number of nitrogens with two attached hydrogens (primary N) is 1. The summed E-state index contributed by atoms with van der Waals surface area (Å²) in [5.74, 6) is 1.39. The van der Waals surface area contributed by atoms with Crippen LogP contribution in [0.5, 0.6) is 5.75 Å². The Hall–Kier alpha value is -2.08. The minimum atomic E-state index is -0.0994. The summed E-state index contributed by atoms with van der Waals surface area (Å²) < 4.78 is 5.42. The Morgan fingerprint density at radius 1 is 1.21 bits per heavy atom. The van der Waals surface area contributed by atoms with E-state index in [-0.39, 0.29) is 30.4 Å². The van der Waals surface area contributed by atoms with E-state index in [0.29, 0.717) is 17.6 Å². The zero-order chi connectivity index (χ0) is 17.3. The van der Waals surface area contributed by atoms with E-state index in [1.807, 2.05) is 0 Å². The molecule has 24 heavy (non-hydrogen) atoms. The van der Waals surface area contributed by atoms with E-state index in [1.54, 1.807) is 38.4 Å². The number of hydrogen-bond acceptors (Lipinski definition) is 4. The highest BCUT2D eigenvalue weighted by Crippen LogP contribution is 2.47. The summed E-state index contributed by atoms with van der Waals surface area (Å²) in [6.45, 7) is -0.00129. The molecule has 2 fully saturated rings. The third-order valence-electron chi connectivity index (χ3n) is 5.27. The predicted octanol–water partition coefficient (Wildman–Crippen LogP) is 1.47. The van der Waals surface area contributed by atoms with E-state index in [1.165, 1.54) is 4.90 Å². The van der Waals surface area contributed by atoms with Crippen molar-refractivity contribution in [3.63, 3.8) is 0 Å². The molecule has 3 rings (SSSR count). The first-order valence-electron chi connectivity index (χ1n) is 8.45.